The van der Waals surface area contributed by atoms with Gasteiger partial charge in [-0.05, 0) is 25.7 Å². The first kappa shape index (κ1) is 11.9. The van der Waals surface area contributed by atoms with Gasteiger partial charge in [-0.3, -0.25) is 0 Å². The maximum Gasteiger partial charge on any atom is 0.171 e. The molecule has 0 aromatic rings. The molecular formula is C10H21NO3. The van der Waals surface area contributed by atoms with E-state index in [1.165, 1.54) is 0 Å². The maximum absolute atomic E-state index is 9.62. The third-order valence-electron chi connectivity index (χ3n) is 2.69. The van der Waals surface area contributed by atoms with Crippen LogP contribution in [-0.4, -0.2) is 44.3 Å². The molecule has 0 spiro atoms. The van der Waals surface area contributed by atoms with Crippen LogP contribution < -0.4 is 5.32 Å². The lowest BCUT2D eigenvalue weighted by molar-refractivity contribution is -0.120. The molecule has 2 N–H and O–H groups in total. The Labute approximate surface area is 85.6 Å². The molecule has 4 nitrogen and oxygen atoms in total. The first-order chi connectivity index (χ1) is 6.69. The molecule has 2 unspecified atom stereocenters. The van der Waals surface area contributed by atoms with Gasteiger partial charge in [-0.25, -0.2) is 0 Å². The third-order valence-corrected chi connectivity index (χ3v) is 2.69. The Morgan fingerprint density at radius 1 is 1.36 bits per heavy atom. The molecule has 0 saturated heterocycles. The van der Waals surface area contributed by atoms with Gasteiger partial charge in [-0.1, -0.05) is 0 Å². The highest BCUT2D eigenvalue weighted by Gasteiger charge is 2.30. The van der Waals surface area contributed by atoms with E-state index in [1.54, 1.807) is 14.2 Å². The quantitative estimate of drug-likeness (QED) is 0.586. The summed E-state index contributed by atoms with van der Waals surface area (Å²) >= 11 is 0. The molecule has 14 heavy (non-hydrogen) atoms. The summed E-state index contributed by atoms with van der Waals surface area (Å²) in [5.41, 5.74) is 0. The van der Waals surface area contributed by atoms with Crippen molar-refractivity contribution in [2.45, 2.75) is 38.2 Å². The highest BCUT2D eigenvalue weighted by atomic mass is 16.7. The number of nitrogens with one attached hydrogen (secondary N) is 1. The predicted octanol–water partition coefficient (Wildman–Crippen LogP) is 0.354. The van der Waals surface area contributed by atoms with E-state index in [-0.39, 0.29) is 18.4 Å². The lowest BCUT2D eigenvalue weighted by atomic mass is 10.2. The zero-order chi connectivity index (χ0) is 10.6. The number of ether oxygens (including phenoxy) is 2. The summed E-state index contributed by atoms with van der Waals surface area (Å²) in [6, 6.07) is 0.0957. The van der Waals surface area contributed by atoms with Crippen molar-refractivity contribution in [1.82, 2.24) is 5.32 Å². The number of aliphatic hydroxyl groups excluding tert-OH is 1. The number of hydrogen-bond acceptors (Lipinski definition) is 4. The van der Waals surface area contributed by atoms with E-state index in [4.69, 9.17) is 9.47 Å². The van der Waals surface area contributed by atoms with Gasteiger partial charge in [0.05, 0.1) is 12.1 Å². The summed E-state index contributed by atoms with van der Waals surface area (Å²) in [5, 5.41) is 12.8. The van der Waals surface area contributed by atoms with Crippen LogP contribution in [0.4, 0.5) is 0 Å². The Morgan fingerprint density at radius 3 is 2.36 bits per heavy atom. The van der Waals surface area contributed by atoms with Gasteiger partial charge >= 0.3 is 0 Å². The Bertz CT molecular complexity index is 157. The summed E-state index contributed by atoms with van der Waals surface area (Å²) in [4.78, 5) is 0. The van der Waals surface area contributed by atoms with Gasteiger partial charge in [0, 0.05) is 20.8 Å². The summed E-state index contributed by atoms with van der Waals surface area (Å²) in [5.74, 6) is 0.512. The van der Waals surface area contributed by atoms with Crippen LogP contribution in [0.5, 0.6) is 0 Å². The van der Waals surface area contributed by atoms with E-state index < -0.39 is 0 Å². The largest absolute Gasteiger partial charge is 0.392 e. The second kappa shape index (κ2) is 5.66. The van der Waals surface area contributed by atoms with Crippen LogP contribution in [0.2, 0.25) is 0 Å². The van der Waals surface area contributed by atoms with E-state index >= 15 is 0 Å². The monoisotopic (exact) mass is 203 g/mol. The van der Waals surface area contributed by atoms with Crippen LogP contribution in [0.3, 0.4) is 0 Å². The Morgan fingerprint density at radius 2 is 1.93 bits per heavy atom. The number of rotatable bonds is 7. The van der Waals surface area contributed by atoms with Crippen molar-refractivity contribution in [3.8, 4) is 0 Å². The fraction of sp³-hybridized carbons (Fsp3) is 1.00. The summed E-state index contributed by atoms with van der Waals surface area (Å²) in [6.45, 7) is 2.60. The summed E-state index contributed by atoms with van der Waals surface area (Å²) in [6.07, 6.45) is 1.86. The zero-order valence-electron chi connectivity index (χ0n) is 9.19. The van der Waals surface area contributed by atoms with Crippen LogP contribution in [0.25, 0.3) is 0 Å². The maximum atomic E-state index is 9.62. The van der Waals surface area contributed by atoms with E-state index in [0.29, 0.717) is 12.5 Å². The van der Waals surface area contributed by atoms with E-state index in [1.807, 2.05) is 6.92 Å². The minimum atomic E-state index is -0.249. The van der Waals surface area contributed by atoms with E-state index in [9.17, 15) is 5.11 Å². The van der Waals surface area contributed by atoms with Crippen molar-refractivity contribution in [2.75, 3.05) is 20.8 Å². The summed E-state index contributed by atoms with van der Waals surface area (Å²) in [7, 11) is 3.23. The molecule has 1 aliphatic rings. The average Bonchev–Trinajstić information content (AvgIpc) is 2.99. The van der Waals surface area contributed by atoms with E-state index in [2.05, 4.69) is 5.32 Å². The van der Waals surface area contributed by atoms with Gasteiger partial charge in [0.25, 0.3) is 0 Å². The molecule has 4 heteroatoms. The topological polar surface area (TPSA) is 50.7 Å². The molecule has 2 atom stereocenters. The Balaban J connectivity index is 2.14. The van der Waals surface area contributed by atoms with Crippen LogP contribution in [0.15, 0.2) is 0 Å². The lowest BCUT2D eigenvalue weighted by Crippen LogP contribution is -2.43. The highest BCUT2D eigenvalue weighted by molar-refractivity contribution is 4.83. The van der Waals surface area contributed by atoms with Crippen molar-refractivity contribution in [3.05, 3.63) is 0 Å². The molecule has 1 saturated carbocycles. The molecule has 0 amide bonds. The number of methoxy groups -OCH3 is 2. The fourth-order valence-corrected chi connectivity index (χ4v) is 1.56. The fourth-order valence-electron chi connectivity index (χ4n) is 1.56. The second-order valence-corrected chi connectivity index (χ2v) is 3.94. The molecule has 1 fully saturated rings. The second-order valence-electron chi connectivity index (χ2n) is 3.94. The van der Waals surface area contributed by atoms with Crippen LogP contribution >= 0.6 is 0 Å². The smallest absolute Gasteiger partial charge is 0.171 e. The van der Waals surface area contributed by atoms with Crippen LogP contribution in [-0.2, 0) is 9.47 Å². The molecule has 0 bridgehead atoms. The molecule has 0 aliphatic heterocycles. The third kappa shape index (κ3) is 3.53. The van der Waals surface area contributed by atoms with Crippen molar-refractivity contribution >= 4 is 0 Å². The van der Waals surface area contributed by atoms with E-state index in [0.717, 1.165) is 12.8 Å². The first-order valence-electron chi connectivity index (χ1n) is 5.16. The van der Waals surface area contributed by atoms with Gasteiger partial charge in [0.15, 0.2) is 6.29 Å². The normalized spacial score (nSPS) is 21.2. The molecule has 84 valence electrons. The highest BCUT2D eigenvalue weighted by Crippen LogP contribution is 2.32. The van der Waals surface area contributed by atoms with Crippen molar-refractivity contribution in [3.63, 3.8) is 0 Å². The standard InChI is InChI=1S/C10H21NO3/c1-7(10(13-2)14-3)11-6-9(12)8-4-5-8/h7-12H,4-6H2,1-3H3. The van der Waals surface area contributed by atoms with Crippen LogP contribution in [0.1, 0.15) is 19.8 Å². The van der Waals surface area contributed by atoms with Crippen molar-refractivity contribution in [1.29, 1.82) is 0 Å². The molecule has 1 aliphatic carbocycles. The van der Waals surface area contributed by atoms with Gasteiger partial charge in [-0.15, -0.1) is 0 Å². The average molecular weight is 203 g/mol. The minimum Gasteiger partial charge on any atom is -0.392 e. The van der Waals surface area contributed by atoms with Crippen molar-refractivity contribution < 1.29 is 14.6 Å². The zero-order valence-corrected chi connectivity index (χ0v) is 9.19. The van der Waals surface area contributed by atoms with Crippen molar-refractivity contribution in [2.24, 2.45) is 5.92 Å². The lowest BCUT2D eigenvalue weighted by Gasteiger charge is -2.23. The van der Waals surface area contributed by atoms with Gasteiger partial charge in [-0.2, -0.15) is 0 Å². The molecular weight excluding hydrogens is 182 g/mol. The molecule has 1 rings (SSSR count). The SMILES string of the molecule is COC(OC)C(C)NCC(O)C1CC1. The predicted molar refractivity (Wildman–Crippen MR) is 54.0 cm³/mol. The Hall–Kier alpha value is -0.160. The molecule has 0 heterocycles. The molecule has 0 radical (unpaired) electrons. The summed E-state index contributed by atoms with van der Waals surface area (Å²) < 4.78 is 10.2. The number of aliphatic hydroxyl groups is 1. The first-order valence-corrected chi connectivity index (χ1v) is 5.16. The number of hydrogen-bond donors (Lipinski definition) is 2. The van der Waals surface area contributed by atoms with Crippen LogP contribution in [0, 0.1) is 5.92 Å². The minimum absolute atomic E-state index is 0.0957. The van der Waals surface area contributed by atoms with Gasteiger partial charge in [0.1, 0.15) is 0 Å². The molecule has 0 aromatic heterocycles. The molecule has 0 aromatic carbocycles. The van der Waals surface area contributed by atoms with Gasteiger partial charge in [0.2, 0.25) is 0 Å². The van der Waals surface area contributed by atoms with Gasteiger partial charge < -0.3 is 19.9 Å². The Kier molecular flexibility index (Phi) is 4.81.